The predicted molar refractivity (Wildman–Crippen MR) is 127 cm³/mol. The van der Waals surface area contributed by atoms with Gasteiger partial charge in [0.1, 0.15) is 11.4 Å². The van der Waals surface area contributed by atoms with Gasteiger partial charge in [0, 0.05) is 23.6 Å². The van der Waals surface area contributed by atoms with Gasteiger partial charge in [0.25, 0.3) is 0 Å². The molecule has 0 aliphatic carbocycles. The van der Waals surface area contributed by atoms with Crippen LogP contribution in [0.2, 0.25) is 0 Å². The SMILES string of the molecule is COc1ccc(Nc2ncc(SC)c(Nc3cccc(NC(=O)OC(C)(C)C)c3)n2)cn1. The van der Waals surface area contributed by atoms with Gasteiger partial charge in [-0.15, -0.1) is 11.8 Å². The Hall–Kier alpha value is -3.53. The number of anilines is 5. The second kappa shape index (κ2) is 10.2. The summed E-state index contributed by atoms with van der Waals surface area (Å²) in [7, 11) is 1.57. The maximum Gasteiger partial charge on any atom is 0.412 e. The summed E-state index contributed by atoms with van der Waals surface area (Å²) in [5, 5.41) is 9.16. The quantitative estimate of drug-likeness (QED) is 0.402. The van der Waals surface area contributed by atoms with Crippen LogP contribution in [0.15, 0.2) is 53.7 Å². The average Bonchev–Trinajstić information content (AvgIpc) is 2.73. The molecule has 3 rings (SSSR count). The molecular weight excluding hydrogens is 428 g/mol. The number of amides is 1. The fourth-order valence-electron chi connectivity index (χ4n) is 2.61. The number of carbonyl (C=O) groups is 1. The topological polar surface area (TPSA) is 110 Å². The van der Waals surface area contributed by atoms with Crippen LogP contribution in [0.1, 0.15) is 20.8 Å². The highest BCUT2D eigenvalue weighted by molar-refractivity contribution is 7.98. The van der Waals surface area contributed by atoms with Gasteiger partial charge < -0.3 is 20.1 Å². The molecule has 168 valence electrons. The summed E-state index contributed by atoms with van der Waals surface area (Å²) in [4.78, 5) is 26.1. The molecule has 0 atom stereocenters. The highest BCUT2D eigenvalue weighted by atomic mass is 32.2. The van der Waals surface area contributed by atoms with E-state index in [-0.39, 0.29) is 0 Å². The van der Waals surface area contributed by atoms with E-state index in [0.717, 1.165) is 16.3 Å². The molecule has 0 spiro atoms. The molecule has 0 fully saturated rings. The molecular formula is C22H26N6O3S. The predicted octanol–water partition coefficient (Wildman–Crippen LogP) is 5.44. The molecule has 0 saturated heterocycles. The molecule has 0 bridgehead atoms. The van der Waals surface area contributed by atoms with Crippen LogP contribution in [-0.2, 0) is 4.74 Å². The largest absolute Gasteiger partial charge is 0.481 e. The minimum Gasteiger partial charge on any atom is -0.481 e. The minimum atomic E-state index is -0.572. The lowest BCUT2D eigenvalue weighted by Crippen LogP contribution is -2.27. The smallest absolute Gasteiger partial charge is 0.412 e. The first-order chi connectivity index (χ1) is 15.3. The summed E-state index contributed by atoms with van der Waals surface area (Å²) in [5.74, 6) is 1.57. The summed E-state index contributed by atoms with van der Waals surface area (Å²) < 4.78 is 10.4. The molecule has 1 amide bonds. The number of pyridine rings is 1. The number of nitrogens with zero attached hydrogens (tertiary/aromatic N) is 3. The Morgan fingerprint density at radius 1 is 1.00 bits per heavy atom. The van der Waals surface area contributed by atoms with Gasteiger partial charge in [0.2, 0.25) is 11.8 Å². The Bertz CT molecular complexity index is 1070. The molecule has 1 aromatic carbocycles. The maximum absolute atomic E-state index is 12.1. The van der Waals surface area contributed by atoms with Crippen LogP contribution >= 0.6 is 11.8 Å². The standard InChI is InChI=1S/C22H26N6O3S/c1-22(2,3)31-21(29)27-15-8-6-7-14(11-15)25-19-17(32-5)13-24-20(28-19)26-16-9-10-18(30-4)23-12-16/h6-13H,1-5H3,(H,27,29)(H2,24,25,26,28). The Morgan fingerprint density at radius 2 is 1.78 bits per heavy atom. The number of hydrogen-bond acceptors (Lipinski definition) is 9. The van der Waals surface area contributed by atoms with Crippen molar-refractivity contribution in [3.05, 3.63) is 48.8 Å². The van der Waals surface area contributed by atoms with Crippen LogP contribution in [0.4, 0.5) is 33.6 Å². The number of benzene rings is 1. The normalized spacial score (nSPS) is 10.9. The molecule has 0 saturated carbocycles. The number of thioether (sulfide) groups is 1. The van der Waals surface area contributed by atoms with E-state index in [4.69, 9.17) is 9.47 Å². The van der Waals surface area contributed by atoms with Crippen LogP contribution < -0.4 is 20.7 Å². The van der Waals surface area contributed by atoms with Crippen molar-refractivity contribution >= 4 is 46.7 Å². The summed E-state index contributed by atoms with van der Waals surface area (Å²) in [5.41, 5.74) is 1.52. The Morgan fingerprint density at radius 3 is 2.44 bits per heavy atom. The fraction of sp³-hybridized carbons (Fsp3) is 0.273. The zero-order valence-corrected chi connectivity index (χ0v) is 19.4. The van der Waals surface area contributed by atoms with E-state index >= 15 is 0 Å². The van der Waals surface area contributed by atoms with E-state index in [1.807, 2.05) is 45.2 Å². The lowest BCUT2D eigenvalue weighted by Gasteiger charge is -2.20. The summed E-state index contributed by atoms with van der Waals surface area (Å²) in [6, 6.07) is 10.9. The molecule has 9 nitrogen and oxygen atoms in total. The number of carbonyl (C=O) groups excluding carboxylic acids is 1. The second-order valence-corrected chi connectivity index (χ2v) is 8.51. The zero-order valence-electron chi connectivity index (χ0n) is 18.6. The van der Waals surface area contributed by atoms with E-state index in [1.165, 1.54) is 11.8 Å². The number of aromatic nitrogens is 3. The van der Waals surface area contributed by atoms with Crippen molar-refractivity contribution in [2.75, 3.05) is 29.3 Å². The van der Waals surface area contributed by atoms with Crippen molar-refractivity contribution in [1.82, 2.24) is 15.0 Å². The van der Waals surface area contributed by atoms with Crippen LogP contribution in [0.5, 0.6) is 5.88 Å². The summed E-state index contributed by atoms with van der Waals surface area (Å²) in [6.45, 7) is 5.45. The van der Waals surface area contributed by atoms with E-state index < -0.39 is 11.7 Å². The van der Waals surface area contributed by atoms with Crippen LogP contribution in [0.25, 0.3) is 0 Å². The van der Waals surface area contributed by atoms with E-state index in [9.17, 15) is 4.79 Å². The molecule has 2 heterocycles. The lowest BCUT2D eigenvalue weighted by atomic mass is 10.2. The van der Waals surface area contributed by atoms with Crippen molar-refractivity contribution in [2.45, 2.75) is 31.3 Å². The van der Waals surface area contributed by atoms with Gasteiger partial charge in [-0.1, -0.05) is 6.07 Å². The van der Waals surface area contributed by atoms with Gasteiger partial charge in [-0.05, 0) is 51.3 Å². The van der Waals surface area contributed by atoms with E-state index in [1.54, 1.807) is 37.7 Å². The first-order valence-electron chi connectivity index (χ1n) is 9.81. The van der Waals surface area contributed by atoms with Gasteiger partial charge in [0.05, 0.1) is 23.9 Å². The van der Waals surface area contributed by atoms with Crippen LogP contribution in [-0.4, -0.2) is 40.0 Å². The molecule has 0 aliphatic rings. The van der Waals surface area contributed by atoms with Crippen LogP contribution in [0.3, 0.4) is 0 Å². The molecule has 3 aromatic rings. The number of methoxy groups -OCH3 is 1. The zero-order chi connectivity index (χ0) is 23.1. The van der Waals surface area contributed by atoms with Crippen molar-refractivity contribution in [2.24, 2.45) is 0 Å². The maximum atomic E-state index is 12.1. The fourth-order valence-corrected chi connectivity index (χ4v) is 3.06. The van der Waals surface area contributed by atoms with Gasteiger partial charge in [-0.25, -0.2) is 14.8 Å². The molecule has 3 N–H and O–H groups in total. The van der Waals surface area contributed by atoms with Gasteiger partial charge >= 0.3 is 6.09 Å². The number of ether oxygens (including phenoxy) is 2. The average molecular weight is 455 g/mol. The summed E-state index contributed by atoms with van der Waals surface area (Å²) >= 11 is 1.52. The first-order valence-corrected chi connectivity index (χ1v) is 11.0. The van der Waals surface area contributed by atoms with Gasteiger partial charge in [0.15, 0.2) is 0 Å². The van der Waals surface area contributed by atoms with Crippen molar-refractivity contribution in [1.29, 1.82) is 0 Å². The third-order valence-electron chi connectivity index (χ3n) is 3.95. The Kier molecular flexibility index (Phi) is 7.37. The van der Waals surface area contributed by atoms with Gasteiger partial charge in [-0.2, -0.15) is 4.98 Å². The highest BCUT2D eigenvalue weighted by Crippen LogP contribution is 2.28. The highest BCUT2D eigenvalue weighted by Gasteiger charge is 2.16. The van der Waals surface area contributed by atoms with Crippen molar-refractivity contribution in [3.63, 3.8) is 0 Å². The van der Waals surface area contributed by atoms with Crippen molar-refractivity contribution in [3.8, 4) is 5.88 Å². The molecule has 0 aliphatic heterocycles. The Balaban J connectivity index is 1.75. The molecule has 0 unspecified atom stereocenters. The van der Waals surface area contributed by atoms with Crippen LogP contribution in [0, 0.1) is 0 Å². The molecule has 0 radical (unpaired) electrons. The summed E-state index contributed by atoms with van der Waals surface area (Å²) in [6.07, 6.45) is 4.82. The molecule has 32 heavy (non-hydrogen) atoms. The third kappa shape index (κ3) is 6.74. The minimum absolute atomic E-state index is 0.417. The number of rotatable bonds is 7. The Labute approximate surface area is 191 Å². The number of hydrogen-bond donors (Lipinski definition) is 3. The van der Waals surface area contributed by atoms with Gasteiger partial charge in [-0.3, -0.25) is 5.32 Å². The third-order valence-corrected chi connectivity index (χ3v) is 4.69. The van der Waals surface area contributed by atoms with Crippen molar-refractivity contribution < 1.29 is 14.3 Å². The number of nitrogens with one attached hydrogen (secondary N) is 3. The van der Waals surface area contributed by atoms with E-state index in [2.05, 4.69) is 30.9 Å². The molecule has 2 aromatic heterocycles. The van der Waals surface area contributed by atoms with E-state index in [0.29, 0.717) is 23.3 Å². The monoisotopic (exact) mass is 454 g/mol. The second-order valence-electron chi connectivity index (χ2n) is 7.66. The first kappa shape index (κ1) is 23.1. The lowest BCUT2D eigenvalue weighted by molar-refractivity contribution is 0.0636. The molecule has 10 heteroatoms.